The molecule has 0 aliphatic rings. The molecule has 0 spiro atoms. The number of amides is 2. The van der Waals surface area contributed by atoms with E-state index in [1.165, 1.54) is 0 Å². The van der Waals surface area contributed by atoms with E-state index in [1.807, 2.05) is 31.3 Å². The number of phenolic OH excluding ortho intramolecular Hbond substituents is 1. The Labute approximate surface area is 219 Å². The Kier molecular flexibility index (Phi) is 8.13. The fraction of sp³-hybridized carbons (Fsp3) is 0.222. The molecule has 188 valence electrons. The average molecular weight is 528 g/mol. The molecule has 1 aromatic heterocycles. The van der Waals surface area contributed by atoms with Gasteiger partial charge in [-0.15, -0.1) is 0 Å². The van der Waals surface area contributed by atoms with E-state index < -0.39 is 0 Å². The summed E-state index contributed by atoms with van der Waals surface area (Å²) in [6.07, 6.45) is 2.56. The van der Waals surface area contributed by atoms with E-state index in [0.29, 0.717) is 47.6 Å². The maximum absolute atomic E-state index is 13.3. The first-order chi connectivity index (χ1) is 17.4. The Bertz CT molecular complexity index is 1370. The second-order valence-corrected chi connectivity index (χ2v) is 9.01. The molecule has 0 saturated heterocycles. The molecule has 0 saturated carbocycles. The molecule has 0 aliphatic carbocycles. The highest BCUT2D eigenvalue weighted by atomic mass is 35.5. The third-order valence-corrected chi connectivity index (χ3v) is 6.52. The Morgan fingerprint density at radius 3 is 2.67 bits per heavy atom. The van der Waals surface area contributed by atoms with Gasteiger partial charge in [-0.1, -0.05) is 29.3 Å². The molecule has 0 aliphatic heterocycles. The number of phenols is 1. The molecule has 4 rings (SSSR count). The fourth-order valence-corrected chi connectivity index (χ4v) is 4.22. The van der Waals surface area contributed by atoms with Crippen molar-refractivity contribution in [1.29, 1.82) is 0 Å². The van der Waals surface area contributed by atoms with Crippen LogP contribution in [0.15, 0.2) is 60.8 Å². The predicted octanol–water partition coefficient (Wildman–Crippen LogP) is 6.86. The lowest BCUT2D eigenvalue weighted by molar-refractivity contribution is 0.209. The fourth-order valence-electron chi connectivity index (χ4n) is 3.92. The van der Waals surface area contributed by atoms with Gasteiger partial charge in [0.25, 0.3) is 0 Å². The molecule has 36 heavy (non-hydrogen) atoms. The number of carbonyl (C=O) groups is 1. The van der Waals surface area contributed by atoms with Crippen LogP contribution < -0.4 is 14.8 Å². The molecular formula is C27H27Cl2N3O4. The number of benzene rings is 3. The van der Waals surface area contributed by atoms with E-state index in [-0.39, 0.29) is 11.8 Å². The lowest BCUT2D eigenvalue weighted by Gasteiger charge is -2.24. The number of aromatic amines is 1. The first-order valence-electron chi connectivity index (χ1n) is 11.5. The van der Waals surface area contributed by atoms with Crippen LogP contribution in [0.2, 0.25) is 10.0 Å². The number of ether oxygens (including phenoxy) is 2. The van der Waals surface area contributed by atoms with Crippen LogP contribution in [0, 0.1) is 0 Å². The van der Waals surface area contributed by atoms with Gasteiger partial charge in [0.15, 0.2) is 11.5 Å². The summed E-state index contributed by atoms with van der Waals surface area (Å²) in [5.41, 5.74) is 3.42. The Hall–Kier alpha value is -3.55. The first kappa shape index (κ1) is 25.5. The highest BCUT2D eigenvalue weighted by Gasteiger charge is 2.17. The van der Waals surface area contributed by atoms with E-state index >= 15 is 0 Å². The first-order valence-corrected chi connectivity index (χ1v) is 12.2. The third kappa shape index (κ3) is 5.98. The van der Waals surface area contributed by atoms with Crippen molar-refractivity contribution in [2.24, 2.45) is 0 Å². The lowest BCUT2D eigenvalue weighted by atomic mass is 10.1. The highest BCUT2D eigenvalue weighted by molar-refractivity contribution is 6.42. The number of carbonyl (C=O) groups excluding carboxylic acids is 1. The van der Waals surface area contributed by atoms with Crippen LogP contribution in [0.1, 0.15) is 18.1 Å². The van der Waals surface area contributed by atoms with Gasteiger partial charge >= 0.3 is 6.03 Å². The molecule has 0 radical (unpaired) electrons. The minimum Gasteiger partial charge on any atom is -0.504 e. The number of methoxy groups -OCH3 is 1. The zero-order valence-electron chi connectivity index (χ0n) is 20.0. The molecule has 1 heterocycles. The number of H-pyrrole nitrogens is 1. The van der Waals surface area contributed by atoms with E-state index in [0.717, 1.165) is 27.8 Å². The number of halogens is 2. The highest BCUT2D eigenvalue weighted by Crippen LogP contribution is 2.29. The van der Waals surface area contributed by atoms with Crippen LogP contribution in [0.3, 0.4) is 0 Å². The summed E-state index contributed by atoms with van der Waals surface area (Å²) in [5.74, 6) is 1.20. The largest absolute Gasteiger partial charge is 0.504 e. The van der Waals surface area contributed by atoms with Gasteiger partial charge in [-0.2, -0.15) is 0 Å². The molecule has 7 nitrogen and oxygen atoms in total. The smallest absolute Gasteiger partial charge is 0.322 e. The topological polar surface area (TPSA) is 86.8 Å². The second-order valence-electron chi connectivity index (χ2n) is 8.19. The molecule has 0 fully saturated rings. The van der Waals surface area contributed by atoms with E-state index in [2.05, 4.69) is 10.3 Å². The molecule has 4 aromatic rings. The summed E-state index contributed by atoms with van der Waals surface area (Å²) in [5, 5.41) is 14.8. The maximum Gasteiger partial charge on any atom is 0.322 e. The quantitative estimate of drug-likeness (QED) is 0.221. The van der Waals surface area contributed by atoms with Gasteiger partial charge in [0.05, 0.1) is 23.8 Å². The molecule has 0 unspecified atom stereocenters. The van der Waals surface area contributed by atoms with Gasteiger partial charge in [-0.05, 0) is 73.0 Å². The number of fused-ring (bicyclic) bond motifs is 1. The van der Waals surface area contributed by atoms with Crippen molar-refractivity contribution in [2.75, 3.05) is 25.6 Å². The summed E-state index contributed by atoms with van der Waals surface area (Å²) in [6, 6.07) is 15.6. The van der Waals surface area contributed by atoms with Crippen LogP contribution in [0.5, 0.6) is 17.2 Å². The van der Waals surface area contributed by atoms with Crippen LogP contribution in [0.4, 0.5) is 10.5 Å². The standard InChI is InChI=1S/C27H27Cl2N3O4/c1-3-36-26-12-17(4-9-25(26)33)16-32(27(34)31-19-5-7-22(28)23(29)13-19)11-10-18-15-30-24-8-6-20(35-2)14-21(18)24/h4-9,12-15,30,33H,3,10-11,16H2,1-2H3,(H,31,34). The molecule has 0 bridgehead atoms. The number of urea groups is 1. The van der Waals surface area contributed by atoms with Crippen LogP contribution in [0.25, 0.3) is 10.9 Å². The van der Waals surface area contributed by atoms with Crippen molar-refractivity contribution >= 4 is 45.8 Å². The van der Waals surface area contributed by atoms with E-state index in [1.54, 1.807) is 48.4 Å². The zero-order valence-corrected chi connectivity index (χ0v) is 21.5. The summed E-state index contributed by atoms with van der Waals surface area (Å²) >= 11 is 12.1. The Morgan fingerprint density at radius 2 is 1.92 bits per heavy atom. The van der Waals surface area contributed by atoms with Gasteiger partial charge in [-0.3, -0.25) is 0 Å². The number of aromatic hydroxyl groups is 1. The number of rotatable bonds is 9. The van der Waals surface area contributed by atoms with Gasteiger partial charge in [0, 0.05) is 35.9 Å². The molecular weight excluding hydrogens is 501 g/mol. The molecule has 3 N–H and O–H groups in total. The minimum atomic E-state index is -0.295. The minimum absolute atomic E-state index is 0.0557. The second kappa shape index (κ2) is 11.5. The SMILES string of the molecule is CCOc1cc(CN(CCc2c[nH]c3ccc(OC)cc23)C(=O)Nc2ccc(Cl)c(Cl)c2)ccc1O. The van der Waals surface area contributed by atoms with Crippen molar-refractivity contribution in [3.63, 3.8) is 0 Å². The Balaban J connectivity index is 1.58. The maximum atomic E-state index is 13.3. The van der Waals surface area contributed by atoms with Gasteiger partial charge in [0.2, 0.25) is 0 Å². The zero-order chi connectivity index (χ0) is 25.7. The van der Waals surface area contributed by atoms with E-state index in [4.69, 9.17) is 32.7 Å². The monoisotopic (exact) mass is 527 g/mol. The summed E-state index contributed by atoms with van der Waals surface area (Å²) < 4.78 is 10.9. The normalized spacial score (nSPS) is 10.9. The van der Waals surface area contributed by atoms with Crippen molar-refractivity contribution in [3.8, 4) is 17.2 Å². The number of hydrogen-bond acceptors (Lipinski definition) is 4. The van der Waals surface area contributed by atoms with Crippen molar-refractivity contribution in [1.82, 2.24) is 9.88 Å². The van der Waals surface area contributed by atoms with Gasteiger partial charge in [0.1, 0.15) is 5.75 Å². The van der Waals surface area contributed by atoms with Crippen molar-refractivity contribution < 1.29 is 19.4 Å². The summed E-state index contributed by atoms with van der Waals surface area (Å²) in [4.78, 5) is 18.3. The van der Waals surface area contributed by atoms with Gasteiger partial charge in [-0.25, -0.2) is 4.79 Å². The van der Waals surface area contributed by atoms with Crippen molar-refractivity contribution in [3.05, 3.63) is 82.0 Å². The van der Waals surface area contributed by atoms with Crippen molar-refractivity contribution in [2.45, 2.75) is 19.9 Å². The van der Waals surface area contributed by atoms with Crippen LogP contribution in [-0.4, -0.2) is 41.3 Å². The van der Waals surface area contributed by atoms with Crippen LogP contribution >= 0.6 is 23.2 Å². The summed E-state index contributed by atoms with van der Waals surface area (Å²) in [7, 11) is 1.64. The number of nitrogens with zero attached hydrogens (tertiary/aromatic N) is 1. The lowest BCUT2D eigenvalue weighted by Crippen LogP contribution is -2.36. The van der Waals surface area contributed by atoms with E-state index in [9.17, 15) is 9.90 Å². The molecule has 9 heteroatoms. The number of nitrogens with one attached hydrogen (secondary N) is 2. The number of hydrogen-bond donors (Lipinski definition) is 3. The third-order valence-electron chi connectivity index (χ3n) is 5.78. The predicted molar refractivity (Wildman–Crippen MR) is 144 cm³/mol. The van der Waals surface area contributed by atoms with Crippen LogP contribution in [-0.2, 0) is 13.0 Å². The average Bonchev–Trinajstić information content (AvgIpc) is 3.28. The van der Waals surface area contributed by atoms with Gasteiger partial charge < -0.3 is 29.8 Å². The Morgan fingerprint density at radius 1 is 1.08 bits per heavy atom. The molecule has 3 aromatic carbocycles. The molecule has 2 amide bonds. The molecule has 0 atom stereocenters. The summed E-state index contributed by atoms with van der Waals surface area (Å²) in [6.45, 7) is 3.00. The number of anilines is 1. The number of aromatic nitrogens is 1.